The van der Waals surface area contributed by atoms with Gasteiger partial charge in [0.1, 0.15) is 29.8 Å². The van der Waals surface area contributed by atoms with Gasteiger partial charge in [-0.3, -0.25) is 15.1 Å². The number of alkyl halides is 7. The van der Waals surface area contributed by atoms with Gasteiger partial charge < -0.3 is 15.4 Å². The Morgan fingerprint density at radius 2 is 1.80 bits per heavy atom. The Hall–Kier alpha value is -5.27. The summed E-state index contributed by atoms with van der Waals surface area (Å²) in [5, 5.41) is 21.0. The second kappa shape index (κ2) is 14.1. The minimum absolute atomic E-state index is 0.00299. The number of nitrogens with one attached hydrogen (secondary N) is 3. The van der Waals surface area contributed by atoms with Crippen LogP contribution in [0.4, 0.5) is 39.9 Å². The fourth-order valence-corrected chi connectivity index (χ4v) is 6.73. The van der Waals surface area contributed by atoms with Crippen LogP contribution >= 0.6 is 11.6 Å². The molecule has 2 amide bonds. The van der Waals surface area contributed by atoms with Crippen LogP contribution in [-0.2, 0) is 15.1 Å². The van der Waals surface area contributed by atoms with Crippen molar-refractivity contribution in [3.8, 4) is 16.9 Å². The van der Waals surface area contributed by atoms with Crippen LogP contribution in [0.3, 0.4) is 0 Å². The number of halogens is 9. The molecule has 21 heteroatoms. The number of carbonyl (C=O) groups is 2. The van der Waals surface area contributed by atoms with Crippen LogP contribution < -0.4 is 10.6 Å². The number of guanidine groups is 1. The predicted molar refractivity (Wildman–Crippen MR) is 179 cm³/mol. The Balaban J connectivity index is 1.42. The summed E-state index contributed by atoms with van der Waals surface area (Å²) in [6, 6.07) is 7.03. The van der Waals surface area contributed by atoms with E-state index in [4.69, 9.17) is 21.7 Å². The number of amides is 2. The molecule has 2 aromatic carbocycles. The Kier molecular flexibility index (Phi) is 10.1. The molecule has 1 saturated heterocycles. The summed E-state index contributed by atoms with van der Waals surface area (Å²) < 4.78 is 118. The molecule has 4 aromatic rings. The lowest BCUT2D eigenvalue weighted by Gasteiger charge is -2.35. The molecule has 12 nitrogen and oxygen atoms in total. The van der Waals surface area contributed by atoms with Gasteiger partial charge in [-0.15, -0.1) is 0 Å². The summed E-state index contributed by atoms with van der Waals surface area (Å²) in [4.78, 5) is 32.0. The lowest BCUT2D eigenvalue weighted by molar-refractivity contribution is -0.164. The van der Waals surface area contributed by atoms with Crippen molar-refractivity contribution in [3.05, 3.63) is 82.8 Å². The van der Waals surface area contributed by atoms with E-state index in [1.54, 1.807) is 20.8 Å². The highest BCUT2D eigenvalue weighted by atomic mass is 35.5. The van der Waals surface area contributed by atoms with Gasteiger partial charge in [-0.2, -0.15) is 32.1 Å². The van der Waals surface area contributed by atoms with Gasteiger partial charge in [0.05, 0.1) is 22.4 Å². The normalized spacial score (nSPS) is 18.9. The molecule has 0 radical (unpaired) electrons. The number of nitrogens with zero attached hydrogens (tertiary/aromatic N) is 6. The number of carbonyl (C=O) groups excluding carboxylic acids is 2. The van der Waals surface area contributed by atoms with Crippen LogP contribution in [-0.4, -0.2) is 65.7 Å². The lowest BCUT2D eigenvalue weighted by atomic mass is 9.75. The number of aromatic nitrogens is 5. The Morgan fingerprint density at radius 3 is 2.38 bits per heavy atom. The van der Waals surface area contributed by atoms with Crippen LogP contribution in [0.2, 0.25) is 5.02 Å². The molecule has 0 unspecified atom stereocenters. The summed E-state index contributed by atoms with van der Waals surface area (Å²) in [6.45, 7) is 1.39. The van der Waals surface area contributed by atoms with Crippen LogP contribution in [0.15, 0.2) is 55.0 Å². The Labute approximate surface area is 312 Å². The number of rotatable bonds is 11. The summed E-state index contributed by atoms with van der Waals surface area (Å²) in [5.41, 5.74) is -5.62. The van der Waals surface area contributed by atoms with Crippen molar-refractivity contribution in [2.75, 3.05) is 6.61 Å². The summed E-state index contributed by atoms with van der Waals surface area (Å²) >= 11 is 6.37. The molecule has 0 bridgehead atoms. The summed E-state index contributed by atoms with van der Waals surface area (Å²) in [6.07, 6.45) is -8.48. The first-order chi connectivity index (χ1) is 25.7. The maximum atomic E-state index is 16.3. The maximum Gasteiger partial charge on any atom is 0.411 e. The van der Waals surface area contributed by atoms with Gasteiger partial charge in [-0.1, -0.05) is 50.6 Å². The molecule has 2 fully saturated rings. The van der Waals surface area contributed by atoms with E-state index in [0.717, 1.165) is 28.2 Å². The van der Waals surface area contributed by atoms with Crippen molar-refractivity contribution in [2.24, 2.45) is 5.41 Å². The molecule has 3 heterocycles. The van der Waals surface area contributed by atoms with E-state index in [-0.39, 0.29) is 39.5 Å². The Bertz CT molecular complexity index is 2130. The van der Waals surface area contributed by atoms with E-state index in [2.05, 4.69) is 20.5 Å². The zero-order valence-corrected chi connectivity index (χ0v) is 29.8. The average Bonchev–Trinajstić information content (AvgIpc) is 3.40. The molecule has 1 saturated carbocycles. The van der Waals surface area contributed by atoms with E-state index in [9.17, 15) is 40.3 Å². The van der Waals surface area contributed by atoms with E-state index in [1.807, 2.05) is 5.32 Å². The van der Waals surface area contributed by atoms with Crippen molar-refractivity contribution in [1.82, 2.24) is 40.1 Å². The first-order valence-electron chi connectivity index (χ1n) is 16.5. The second-order valence-corrected chi connectivity index (χ2v) is 14.7. The molecular formula is C34H32ClF8N9O3. The summed E-state index contributed by atoms with van der Waals surface area (Å²) in [5.74, 6) is -3.36. The lowest BCUT2D eigenvalue weighted by Crippen LogP contribution is -2.49. The molecule has 6 rings (SSSR count). The highest BCUT2D eigenvalue weighted by Gasteiger charge is 2.65. The van der Waals surface area contributed by atoms with Crippen LogP contribution in [0, 0.1) is 16.6 Å². The third-order valence-corrected chi connectivity index (χ3v) is 9.48. The van der Waals surface area contributed by atoms with Crippen molar-refractivity contribution in [1.29, 1.82) is 5.41 Å². The van der Waals surface area contributed by atoms with Crippen molar-refractivity contribution >= 4 is 29.6 Å². The molecule has 2 atom stereocenters. The van der Waals surface area contributed by atoms with Gasteiger partial charge in [0.25, 0.3) is 12.3 Å². The molecule has 294 valence electrons. The monoisotopic (exact) mass is 801 g/mol. The third kappa shape index (κ3) is 7.55. The molecule has 1 aliphatic heterocycles. The van der Waals surface area contributed by atoms with Crippen LogP contribution in [0.1, 0.15) is 76.0 Å². The SMILES string of the molecule is CC(C)(C)C[C@]1(c2ccc(-c3ccn(C(F)F)n3)cc2F)NC(=N)N([C@H](COC(=O)NC2(C(F)(F)F)CC2)c2ccc(Cl)c(-n3ncnc3C(F)F)c2)C1=O. The zero-order chi connectivity index (χ0) is 40.2. The average molecular weight is 802 g/mol. The number of alkyl carbamates (subject to hydrolysis) is 1. The molecule has 2 aromatic heterocycles. The number of ether oxygens (including phenoxy) is 1. The third-order valence-electron chi connectivity index (χ3n) is 9.16. The number of hydrogen-bond donors (Lipinski definition) is 3. The van der Waals surface area contributed by atoms with E-state index in [1.165, 1.54) is 36.4 Å². The van der Waals surface area contributed by atoms with Gasteiger partial charge >= 0.3 is 18.8 Å². The van der Waals surface area contributed by atoms with Gasteiger partial charge in [0.15, 0.2) is 11.8 Å². The topological polar surface area (TPSA) is 143 Å². The fraction of sp³-hybridized carbons (Fsp3) is 0.412. The van der Waals surface area contributed by atoms with Gasteiger partial charge in [-0.05, 0) is 54.5 Å². The maximum absolute atomic E-state index is 16.3. The quantitative estimate of drug-likeness (QED) is 0.131. The molecular weight excluding hydrogens is 770 g/mol. The second-order valence-electron chi connectivity index (χ2n) is 14.3. The fourth-order valence-electron chi connectivity index (χ4n) is 6.53. The van der Waals surface area contributed by atoms with E-state index in [0.29, 0.717) is 4.68 Å². The van der Waals surface area contributed by atoms with E-state index < -0.39 is 90.7 Å². The molecule has 3 N–H and O–H groups in total. The minimum Gasteiger partial charge on any atom is -0.447 e. The molecule has 0 spiro atoms. The van der Waals surface area contributed by atoms with Crippen molar-refractivity contribution in [2.45, 2.75) is 76.3 Å². The molecule has 1 aliphatic carbocycles. The minimum atomic E-state index is -4.79. The van der Waals surface area contributed by atoms with Crippen molar-refractivity contribution in [3.63, 3.8) is 0 Å². The molecule has 55 heavy (non-hydrogen) atoms. The van der Waals surface area contributed by atoms with Crippen LogP contribution in [0.25, 0.3) is 16.9 Å². The highest BCUT2D eigenvalue weighted by Crippen LogP contribution is 2.49. The van der Waals surface area contributed by atoms with Crippen LogP contribution in [0.5, 0.6) is 0 Å². The number of hydrogen-bond acceptors (Lipinski definition) is 7. The standard InChI is InChI=1S/C34H32ClF8N9O3/c1-31(2,3)15-33(19-6-4-17(12-21(19)36)22-8-11-50(49-22)28(39)40)27(53)51(29(44)47-33)24(14-55-30(54)48-32(9-10-32)34(41,42)43)18-5-7-20(35)23(13-18)52-26(25(37)38)45-16-46-52/h4-8,11-13,16,24-25,28H,9-10,14-15H2,1-3H3,(H2,44,47)(H,48,54)/t24-,33-/m1/s1. The zero-order valence-electron chi connectivity index (χ0n) is 29.1. The Morgan fingerprint density at radius 1 is 1.09 bits per heavy atom. The predicted octanol–water partition coefficient (Wildman–Crippen LogP) is 7.82. The van der Waals surface area contributed by atoms with Gasteiger partial charge in [0.2, 0.25) is 0 Å². The largest absolute Gasteiger partial charge is 0.447 e. The number of benzene rings is 2. The highest BCUT2D eigenvalue weighted by molar-refractivity contribution is 6.32. The summed E-state index contributed by atoms with van der Waals surface area (Å²) in [7, 11) is 0. The first-order valence-corrected chi connectivity index (χ1v) is 16.9. The van der Waals surface area contributed by atoms with E-state index >= 15 is 4.39 Å². The van der Waals surface area contributed by atoms with Crippen molar-refractivity contribution < 1.29 is 49.4 Å². The van der Waals surface area contributed by atoms with Gasteiger partial charge in [-0.25, -0.2) is 32.3 Å². The molecule has 2 aliphatic rings. The van der Waals surface area contributed by atoms with Gasteiger partial charge in [0, 0.05) is 17.3 Å². The first kappa shape index (κ1) is 39.4. The smallest absolute Gasteiger partial charge is 0.411 e.